The summed E-state index contributed by atoms with van der Waals surface area (Å²) in [5.41, 5.74) is 2.80. The molecule has 0 radical (unpaired) electrons. The van der Waals surface area contributed by atoms with E-state index in [-0.39, 0.29) is 23.7 Å². The Morgan fingerprint density at radius 3 is 2.35 bits per heavy atom. The number of nitrogens with zero attached hydrogens (tertiary/aromatic N) is 2. The van der Waals surface area contributed by atoms with Gasteiger partial charge in [0, 0.05) is 34.0 Å². The molecule has 8 heteroatoms. The number of anilines is 1. The van der Waals surface area contributed by atoms with Gasteiger partial charge in [-0.2, -0.15) is 0 Å². The Balaban J connectivity index is 1.21. The highest BCUT2D eigenvalue weighted by molar-refractivity contribution is 6.10. The molecule has 1 aliphatic heterocycles. The fourth-order valence-electron chi connectivity index (χ4n) is 5.38. The lowest BCUT2D eigenvalue weighted by atomic mass is 9.81. The van der Waals surface area contributed by atoms with Crippen molar-refractivity contribution < 1.29 is 23.9 Å². The number of ether oxygens (including phenoxy) is 1. The molecule has 1 aliphatic carbocycles. The van der Waals surface area contributed by atoms with Gasteiger partial charge in [-0.1, -0.05) is 31.0 Å². The highest BCUT2D eigenvalue weighted by Gasteiger charge is 2.48. The molecule has 0 bridgehead atoms. The maximum Gasteiger partial charge on any atom is 0.326 e. The monoisotopic (exact) mass is 461 g/mol. The third-order valence-electron chi connectivity index (χ3n) is 6.96. The molecule has 2 aromatic carbocycles. The van der Waals surface area contributed by atoms with E-state index in [2.05, 4.69) is 22.9 Å². The lowest BCUT2D eigenvalue weighted by Gasteiger charge is -2.19. The van der Waals surface area contributed by atoms with Crippen molar-refractivity contribution in [2.75, 3.05) is 18.5 Å². The Kier molecular flexibility index (Phi) is 5.81. The van der Waals surface area contributed by atoms with Crippen LogP contribution in [-0.2, 0) is 30.5 Å². The zero-order valence-corrected chi connectivity index (χ0v) is 19.1. The lowest BCUT2D eigenvalue weighted by Crippen LogP contribution is -2.37. The number of esters is 1. The molecular formula is C26H27N3O5. The van der Waals surface area contributed by atoms with E-state index in [0.717, 1.165) is 46.1 Å². The summed E-state index contributed by atoms with van der Waals surface area (Å²) in [5.74, 6) is -2.47. The second kappa shape index (κ2) is 8.93. The largest absolute Gasteiger partial charge is 0.454 e. The number of amides is 3. The lowest BCUT2D eigenvalue weighted by molar-refractivity contribution is -0.154. The predicted octanol–water partition coefficient (Wildman–Crippen LogP) is 3.47. The van der Waals surface area contributed by atoms with E-state index in [9.17, 15) is 19.2 Å². The van der Waals surface area contributed by atoms with Crippen LogP contribution in [0.2, 0.25) is 0 Å². The molecule has 1 N–H and O–H groups in total. The van der Waals surface area contributed by atoms with Gasteiger partial charge in [0.1, 0.15) is 6.54 Å². The van der Waals surface area contributed by atoms with Crippen molar-refractivity contribution in [2.24, 2.45) is 11.8 Å². The van der Waals surface area contributed by atoms with Crippen LogP contribution in [0, 0.1) is 11.8 Å². The van der Waals surface area contributed by atoms with Gasteiger partial charge >= 0.3 is 5.97 Å². The molecule has 5 rings (SSSR count). The third-order valence-corrected chi connectivity index (χ3v) is 6.96. The van der Waals surface area contributed by atoms with E-state index in [1.807, 2.05) is 36.4 Å². The van der Waals surface area contributed by atoms with Gasteiger partial charge in [-0.3, -0.25) is 24.1 Å². The molecule has 1 aromatic heterocycles. The number of carbonyl (C=O) groups is 4. The summed E-state index contributed by atoms with van der Waals surface area (Å²) in [5, 5.41) is 4.89. The fourth-order valence-corrected chi connectivity index (χ4v) is 5.38. The number of imide groups is 1. The van der Waals surface area contributed by atoms with Crippen LogP contribution in [0.3, 0.4) is 0 Å². The van der Waals surface area contributed by atoms with E-state index in [0.29, 0.717) is 18.5 Å². The number of nitrogens with one attached hydrogen (secondary N) is 1. The molecule has 8 nitrogen and oxygen atoms in total. The highest BCUT2D eigenvalue weighted by Crippen LogP contribution is 2.38. The van der Waals surface area contributed by atoms with Gasteiger partial charge in [0.25, 0.3) is 5.91 Å². The van der Waals surface area contributed by atoms with Crippen LogP contribution in [0.4, 0.5) is 5.69 Å². The molecule has 2 heterocycles. The van der Waals surface area contributed by atoms with Crippen LogP contribution in [0.5, 0.6) is 0 Å². The van der Waals surface area contributed by atoms with Gasteiger partial charge in [0.05, 0.1) is 11.8 Å². The Morgan fingerprint density at radius 1 is 0.971 bits per heavy atom. The molecule has 3 aromatic rings. The number of carbonyl (C=O) groups excluding carboxylic acids is 4. The average Bonchev–Trinajstić information content (AvgIpc) is 3.29. The summed E-state index contributed by atoms with van der Waals surface area (Å²) in [6, 6.07) is 13.8. The van der Waals surface area contributed by atoms with Crippen LogP contribution in [-0.4, -0.2) is 46.3 Å². The molecule has 2 unspecified atom stereocenters. The number of aryl methyl sites for hydroxylation is 1. The van der Waals surface area contributed by atoms with Gasteiger partial charge in [-0.15, -0.1) is 0 Å². The first-order valence-electron chi connectivity index (χ1n) is 11.8. The van der Waals surface area contributed by atoms with Crippen LogP contribution < -0.4 is 5.32 Å². The standard InChI is InChI=1S/C26H27N3O5/c1-2-28-21-10-6-5-7-17(21)20-13-16(11-12-22(20)28)27-23(30)15-34-24(31)14-29-25(32)18-8-3-4-9-19(18)26(29)33/h5-7,10-13,18-19H,2-4,8-9,14-15H2,1H3,(H,27,30). The van der Waals surface area contributed by atoms with E-state index < -0.39 is 25.0 Å². The summed E-state index contributed by atoms with van der Waals surface area (Å²) < 4.78 is 7.28. The van der Waals surface area contributed by atoms with Crippen LogP contribution in [0.15, 0.2) is 42.5 Å². The minimum absolute atomic E-state index is 0.296. The number of hydrogen-bond donors (Lipinski definition) is 1. The molecule has 1 saturated carbocycles. The molecule has 176 valence electrons. The number of benzene rings is 2. The van der Waals surface area contributed by atoms with Crippen molar-refractivity contribution >= 4 is 51.2 Å². The molecule has 34 heavy (non-hydrogen) atoms. The fraction of sp³-hybridized carbons (Fsp3) is 0.385. The first-order chi connectivity index (χ1) is 16.5. The summed E-state index contributed by atoms with van der Waals surface area (Å²) in [4.78, 5) is 50.7. The SMILES string of the molecule is CCn1c2ccccc2c2cc(NC(=O)COC(=O)CN3C(=O)C4CCCCC4C3=O)ccc21. The van der Waals surface area contributed by atoms with Crippen molar-refractivity contribution in [2.45, 2.75) is 39.2 Å². The molecular weight excluding hydrogens is 434 g/mol. The van der Waals surface area contributed by atoms with Crippen molar-refractivity contribution in [1.82, 2.24) is 9.47 Å². The van der Waals surface area contributed by atoms with E-state index in [1.165, 1.54) is 0 Å². The number of fused-ring (bicyclic) bond motifs is 4. The zero-order chi connectivity index (χ0) is 23.8. The first kappa shape index (κ1) is 22.1. The van der Waals surface area contributed by atoms with Crippen molar-refractivity contribution in [3.63, 3.8) is 0 Å². The van der Waals surface area contributed by atoms with E-state index >= 15 is 0 Å². The summed E-state index contributed by atoms with van der Waals surface area (Å²) in [6.07, 6.45) is 3.21. The quantitative estimate of drug-likeness (QED) is 0.448. The average molecular weight is 462 g/mol. The molecule has 0 spiro atoms. The van der Waals surface area contributed by atoms with Crippen molar-refractivity contribution in [3.05, 3.63) is 42.5 Å². The number of likely N-dealkylation sites (tertiary alicyclic amines) is 1. The summed E-state index contributed by atoms with van der Waals surface area (Å²) in [7, 11) is 0. The molecule has 3 amide bonds. The van der Waals surface area contributed by atoms with Gasteiger partial charge in [-0.05, 0) is 44.0 Å². The minimum atomic E-state index is -0.767. The number of rotatable bonds is 6. The zero-order valence-electron chi connectivity index (χ0n) is 19.1. The third kappa shape index (κ3) is 3.83. The second-order valence-corrected chi connectivity index (χ2v) is 8.96. The smallest absolute Gasteiger partial charge is 0.326 e. The van der Waals surface area contributed by atoms with Gasteiger partial charge in [0.15, 0.2) is 6.61 Å². The number of aromatic nitrogens is 1. The van der Waals surface area contributed by atoms with E-state index in [1.54, 1.807) is 0 Å². The van der Waals surface area contributed by atoms with Crippen LogP contribution >= 0.6 is 0 Å². The molecule has 2 aliphatic rings. The van der Waals surface area contributed by atoms with Gasteiger partial charge in [0.2, 0.25) is 11.8 Å². The minimum Gasteiger partial charge on any atom is -0.454 e. The topological polar surface area (TPSA) is 97.7 Å². The summed E-state index contributed by atoms with van der Waals surface area (Å²) >= 11 is 0. The first-order valence-corrected chi connectivity index (χ1v) is 11.8. The maximum atomic E-state index is 12.5. The van der Waals surface area contributed by atoms with Crippen molar-refractivity contribution in [3.8, 4) is 0 Å². The molecule has 1 saturated heterocycles. The molecule has 2 fully saturated rings. The summed E-state index contributed by atoms with van der Waals surface area (Å²) in [6.45, 7) is 1.99. The predicted molar refractivity (Wildman–Crippen MR) is 127 cm³/mol. The Bertz CT molecular complexity index is 1290. The highest BCUT2D eigenvalue weighted by atomic mass is 16.5. The van der Waals surface area contributed by atoms with Crippen LogP contribution in [0.25, 0.3) is 21.8 Å². The van der Waals surface area contributed by atoms with Crippen LogP contribution in [0.1, 0.15) is 32.6 Å². The molecule has 2 atom stereocenters. The second-order valence-electron chi connectivity index (χ2n) is 8.96. The Hall–Kier alpha value is -3.68. The van der Waals surface area contributed by atoms with Gasteiger partial charge in [-0.25, -0.2) is 0 Å². The Labute approximate surface area is 196 Å². The normalized spacial score (nSPS) is 20.1. The maximum absolute atomic E-state index is 12.5. The van der Waals surface area contributed by atoms with Gasteiger partial charge < -0.3 is 14.6 Å². The van der Waals surface area contributed by atoms with E-state index in [4.69, 9.17) is 4.74 Å². The number of hydrogen-bond acceptors (Lipinski definition) is 5. The number of para-hydroxylation sites is 1. The Morgan fingerprint density at radius 2 is 1.65 bits per heavy atom. The van der Waals surface area contributed by atoms with Crippen molar-refractivity contribution in [1.29, 1.82) is 0 Å².